The average Bonchev–Trinajstić information content (AvgIpc) is 2.17. The van der Waals surface area contributed by atoms with Crippen molar-refractivity contribution in [3.05, 3.63) is 36.0 Å². The molecule has 3 atom stereocenters. The smallest absolute Gasteiger partial charge is 0.0983 e. The van der Waals surface area contributed by atoms with Crippen molar-refractivity contribution in [2.24, 2.45) is 11.3 Å². The number of rotatable bonds is 1. The Morgan fingerprint density at radius 1 is 1.44 bits per heavy atom. The van der Waals surface area contributed by atoms with Gasteiger partial charge in [-0.1, -0.05) is 36.8 Å². The molecule has 0 aromatic rings. The molecule has 1 fully saturated rings. The lowest BCUT2D eigenvalue weighted by atomic mass is 9.64. The fraction of sp³-hybridized carbons (Fsp3) is 0.600. The molecule has 1 nitrogen and oxygen atoms in total. The van der Waals surface area contributed by atoms with Gasteiger partial charge >= 0.3 is 0 Å². The van der Waals surface area contributed by atoms with E-state index in [1.807, 2.05) is 19.1 Å². The van der Waals surface area contributed by atoms with Crippen molar-refractivity contribution < 1.29 is 5.11 Å². The van der Waals surface area contributed by atoms with Gasteiger partial charge in [-0.3, -0.25) is 0 Å². The zero-order valence-electron chi connectivity index (χ0n) is 10.6. The van der Waals surface area contributed by atoms with Crippen molar-refractivity contribution >= 4 is 0 Å². The minimum atomic E-state index is -0.758. The van der Waals surface area contributed by atoms with Crippen LogP contribution in [0.2, 0.25) is 0 Å². The lowest BCUT2D eigenvalue weighted by Gasteiger charge is -2.42. The molecule has 0 heterocycles. The molecule has 0 aliphatic heterocycles. The van der Waals surface area contributed by atoms with Gasteiger partial charge in [0.05, 0.1) is 5.60 Å². The van der Waals surface area contributed by atoms with Crippen molar-refractivity contribution in [2.45, 2.75) is 45.6 Å². The van der Waals surface area contributed by atoms with E-state index in [1.165, 1.54) is 24.0 Å². The Labute approximate surface area is 98.6 Å². The summed E-state index contributed by atoms with van der Waals surface area (Å²) in [5.41, 5.74) is 2.08. The summed E-state index contributed by atoms with van der Waals surface area (Å²) < 4.78 is 0. The Kier molecular flexibility index (Phi) is 2.62. The quantitative estimate of drug-likeness (QED) is 0.666. The molecular weight excluding hydrogens is 196 g/mol. The summed E-state index contributed by atoms with van der Waals surface area (Å²) >= 11 is 0. The van der Waals surface area contributed by atoms with Gasteiger partial charge in [-0.05, 0) is 45.1 Å². The largest absolute Gasteiger partial charge is 0.382 e. The van der Waals surface area contributed by atoms with Crippen LogP contribution in [0, 0.1) is 11.3 Å². The van der Waals surface area contributed by atoms with Crippen molar-refractivity contribution in [3.8, 4) is 0 Å². The van der Waals surface area contributed by atoms with Gasteiger partial charge in [0, 0.05) is 5.41 Å². The summed E-state index contributed by atoms with van der Waals surface area (Å²) in [6, 6.07) is 0. The maximum atomic E-state index is 10.1. The molecule has 2 aliphatic carbocycles. The van der Waals surface area contributed by atoms with Crippen LogP contribution in [0.5, 0.6) is 0 Å². The molecule has 88 valence electrons. The third-order valence-electron chi connectivity index (χ3n) is 4.16. The van der Waals surface area contributed by atoms with Gasteiger partial charge in [0.1, 0.15) is 0 Å². The highest BCUT2D eigenvalue weighted by Gasteiger charge is 2.37. The van der Waals surface area contributed by atoms with Gasteiger partial charge in [-0.25, -0.2) is 0 Å². The zero-order valence-corrected chi connectivity index (χ0v) is 10.6. The minimum absolute atomic E-state index is 0.175. The number of aliphatic hydroxyl groups is 1. The highest BCUT2D eigenvalue weighted by Crippen LogP contribution is 2.48. The molecule has 1 saturated carbocycles. The topological polar surface area (TPSA) is 20.2 Å². The lowest BCUT2D eigenvalue weighted by Crippen LogP contribution is -2.33. The molecule has 16 heavy (non-hydrogen) atoms. The molecular formula is C15H22O. The maximum absolute atomic E-state index is 10.1. The fourth-order valence-corrected chi connectivity index (χ4v) is 2.82. The summed E-state index contributed by atoms with van der Waals surface area (Å²) in [6.45, 7) is 10.3. The molecule has 1 N–H and O–H groups in total. The van der Waals surface area contributed by atoms with E-state index in [-0.39, 0.29) is 5.41 Å². The normalized spacial score (nSPS) is 42.5. The van der Waals surface area contributed by atoms with E-state index in [9.17, 15) is 5.11 Å². The molecule has 2 rings (SSSR count). The molecule has 0 saturated heterocycles. The van der Waals surface area contributed by atoms with E-state index in [1.54, 1.807) is 0 Å². The van der Waals surface area contributed by atoms with Gasteiger partial charge in [-0.2, -0.15) is 0 Å². The predicted molar refractivity (Wildman–Crippen MR) is 68.1 cm³/mol. The Bertz CT molecular complexity index is 373. The van der Waals surface area contributed by atoms with E-state index in [0.717, 1.165) is 6.42 Å². The van der Waals surface area contributed by atoms with Crippen LogP contribution in [0.4, 0.5) is 0 Å². The molecule has 2 aliphatic rings. The van der Waals surface area contributed by atoms with Crippen LogP contribution in [-0.2, 0) is 0 Å². The second-order valence-corrected chi connectivity index (χ2v) is 5.93. The van der Waals surface area contributed by atoms with Crippen molar-refractivity contribution in [1.82, 2.24) is 0 Å². The summed E-state index contributed by atoms with van der Waals surface area (Å²) in [6.07, 6.45) is 9.61. The van der Waals surface area contributed by atoms with E-state index in [2.05, 4.69) is 26.5 Å². The Morgan fingerprint density at radius 3 is 2.75 bits per heavy atom. The van der Waals surface area contributed by atoms with Gasteiger partial charge in [0.25, 0.3) is 0 Å². The first-order valence-corrected chi connectivity index (χ1v) is 6.13. The molecule has 0 aromatic heterocycles. The molecule has 1 heteroatoms. The summed E-state index contributed by atoms with van der Waals surface area (Å²) in [4.78, 5) is 0. The van der Waals surface area contributed by atoms with Crippen molar-refractivity contribution in [1.29, 1.82) is 0 Å². The molecule has 0 spiro atoms. The Hall–Kier alpha value is -0.820. The van der Waals surface area contributed by atoms with Crippen LogP contribution in [0.3, 0.4) is 0 Å². The van der Waals surface area contributed by atoms with Crippen LogP contribution in [0.1, 0.15) is 40.0 Å². The number of fused-ring (bicyclic) bond motifs is 1. The standard InChI is InChI=1S/C15H22O/c1-11(2)12-5-6-14(3)7-8-15(4,16)10-13(14)9-12/h7-8,10,12,16H,1,5-6,9H2,2-4H3/t12-,14+,15?/m1/s1. The zero-order chi connectivity index (χ0) is 12.0. The third-order valence-corrected chi connectivity index (χ3v) is 4.16. The van der Waals surface area contributed by atoms with Gasteiger partial charge in [-0.15, -0.1) is 0 Å². The molecule has 0 aromatic carbocycles. The van der Waals surface area contributed by atoms with Gasteiger partial charge < -0.3 is 5.11 Å². The van der Waals surface area contributed by atoms with Crippen LogP contribution in [-0.4, -0.2) is 10.7 Å². The maximum Gasteiger partial charge on any atom is 0.0983 e. The van der Waals surface area contributed by atoms with E-state index in [4.69, 9.17) is 0 Å². The fourth-order valence-electron chi connectivity index (χ4n) is 2.82. The molecule has 0 amide bonds. The van der Waals surface area contributed by atoms with E-state index in [0.29, 0.717) is 5.92 Å². The average molecular weight is 218 g/mol. The summed E-state index contributed by atoms with van der Waals surface area (Å²) in [5.74, 6) is 0.599. The molecule has 0 radical (unpaired) electrons. The number of allylic oxidation sites excluding steroid dienone is 3. The van der Waals surface area contributed by atoms with E-state index < -0.39 is 5.60 Å². The highest BCUT2D eigenvalue weighted by molar-refractivity contribution is 5.35. The van der Waals surface area contributed by atoms with Gasteiger partial charge in [0.15, 0.2) is 0 Å². The highest BCUT2D eigenvalue weighted by atomic mass is 16.3. The number of hydrogen-bond donors (Lipinski definition) is 1. The van der Waals surface area contributed by atoms with E-state index >= 15 is 0 Å². The number of hydrogen-bond acceptors (Lipinski definition) is 1. The van der Waals surface area contributed by atoms with Crippen molar-refractivity contribution in [3.63, 3.8) is 0 Å². The second-order valence-electron chi connectivity index (χ2n) is 5.93. The Balaban J connectivity index is 2.28. The van der Waals surface area contributed by atoms with Crippen molar-refractivity contribution in [2.75, 3.05) is 0 Å². The van der Waals surface area contributed by atoms with Crippen LogP contribution in [0.15, 0.2) is 36.0 Å². The molecule has 1 unspecified atom stereocenters. The van der Waals surface area contributed by atoms with Crippen LogP contribution in [0.25, 0.3) is 0 Å². The Morgan fingerprint density at radius 2 is 2.12 bits per heavy atom. The van der Waals surface area contributed by atoms with Crippen LogP contribution < -0.4 is 0 Å². The molecule has 0 bridgehead atoms. The van der Waals surface area contributed by atoms with Crippen LogP contribution >= 0.6 is 0 Å². The third kappa shape index (κ3) is 2.01. The summed E-state index contributed by atoms with van der Waals surface area (Å²) in [7, 11) is 0. The first-order chi connectivity index (χ1) is 7.32. The second kappa shape index (κ2) is 3.59. The predicted octanol–water partition coefficient (Wildman–Crippen LogP) is 3.62. The summed E-state index contributed by atoms with van der Waals surface area (Å²) in [5, 5.41) is 10.1. The monoisotopic (exact) mass is 218 g/mol. The first-order valence-electron chi connectivity index (χ1n) is 6.13. The minimum Gasteiger partial charge on any atom is -0.382 e. The first kappa shape index (κ1) is 11.7. The lowest BCUT2D eigenvalue weighted by molar-refractivity contribution is 0.151. The van der Waals surface area contributed by atoms with Gasteiger partial charge in [0.2, 0.25) is 0 Å². The SMILES string of the molecule is C=C(C)[C@@H]1CC[C@@]2(C)C=CC(C)(O)C=C2C1.